The Morgan fingerprint density at radius 3 is 2.30 bits per heavy atom. The average Bonchev–Trinajstić information content (AvgIpc) is 2.93. The fraction of sp³-hybridized carbons (Fsp3) is 0.500. The van der Waals surface area contributed by atoms with Crippen molar-refractivity contribution >= 4 is 11.8 Å². The molecule has 0 saturated carbocycles. The number of aliphatic carboxylic acids is 1. The molecule has 0 radical (unpaired) electrons. The molecule has 4 rings (SSSR count). The number of carboxylic acid groups (broad SMARTS) is 1. The zero-order valence-electron chi connectivity index (χ0n) is 25.4. The van der Waals surface area contributed by atoms with Crippen LogP contribution in [0, 0.1) is 13.8 Å². The molecule has 2 aromatic carbocycles. The van der Waals surface area contributed by atoms with Crippen molar-refractivity contribution in [2.45, 2.75) is 86.1 Å². The Morgan fingerprint density at radius 2 is 1.70 bits per heavy atom. The van der Waals surface area contributed by atoms with Gasteiger partial charge in [-0.3, -0.25) is 9.69 Å². The van der Waals surface area contributed by atoms with E-state index in [4.69, 9.17) is 9.97 Å². The predicted octanol–water partition coefficient (Wildman–Crippen LogP) is 6.39. The first kappa shape index (κ1) is 29.7. The summed E-state index contributed by atoms with van der Waals surface area (Å²) in [6.07, 6.45) is 3.66. The van der Waals surface area contributed by atoms with Crippen LogP contribution in [0.25, 0.3) is 11.4 Å². The molecule has 6 nitrogen and oxygen atoms in total. The first-order valence-corrected chi connectivity index (χ1v) is 14.9. The molecule has 6 heteroatoms. The molecule has 1 unspecified atom stereocenters. The second-order valence-electron chi connectivity index (χ2n) is 11.6. The summed E-state index contributed by atoms with van der Waals surface area (Å²) >= 11 is 0. The van der Waals surface area contributed by atoms with E-state index in [1.54, 1.807) is 0 Å². The predicted molar refractivity (Wildman–Crippen MR) is 165 cm³/mol. The highest BCUT2D eigenvalue weighted by Gasteiger charge is 2.29. The van der Waals surface area contributed by atoms with Crippen molar-refractivity contribution in [1.82, 2.24) is 14.9 Å². The van der Waals surface area contributed by atoms with Crippen molar-refractivity contribution in [3.05, 3.63) is 75.5 Å². The van der Waals surface area contributed by atoms with E-state index in [0.717, 1.165) is 56.1 Å². The molecule has 0 aliphatic carbocycles. The number of nitrogens with zero attached hydrogens (tertiary/aromatic N) is 4. The van der Waals surface area contributed by atoms with E-state index < -0.39 is 5.97 Å². The van der Waals surface area contributed by atoms with Gasteiger partial charge in [0.25, 0.3) is 0 Å². The van der Waals surface area contributed by atoms with Gasteiger partial charge < -0.3 is 10.0 Å². The number of piperazine rings is 1. The number of aromatic nitrogens is 2. The number of hydrogen-bond acceptors (Lipinski definition) is 5. The van der Waals surface area contributed by atoms with Crippen LogP contribution >= 0.6 is 0 Å². The lowest BCUT2D eigenvalue weighted by molar-refractivity contribution is -0.139. The maximum atomic E-state index is 11.4. The molecule has 0 spiro atoms. The van der Waals surface area contributed by atoms with Crippen molar-refractivity contribution in [3.63, 3.8) is 0 Å². The van der Waals surface area contributed by atoms with E-state index in [1.807, 2.05) is 0 Å². The summed E-state index contributed by atoms with van der Waals surface area (Å²) in [5.74, 6) is 1.54. The SMILES string of the molecule is CCc1cccc(CC)c1-c1nc(C)c(CCc2cc(C(C)C)ccc2C)c(N2CCN(CC(=O)O)C(C)C2)n1. The molecular weight excluding hydrogens is 496 g/mol. The standard InChI is InChI=1S/C34H46N4O2/c1-8-26-11-10-12-27(9-2)32(26)33-35-25(7)30(16-15-29-19-28(22(3)4)14-13-23(29)5)34(36-33)38-18-17-37(21-31(39)40)24(6)20-38/h10-14,19,22,24H,8-9,15-18,20-21H2,1-7H3,(H,39,40). The summed E-state index contributed by atoms with van der Waals surface area (Å²) in [6.45, 7) is 17.6. The normalized spacial score (nSPS) is 16.1. The van der Waals surface area contributed by atoms with Crippen LogP contribution in [0.4, 0.5) is 5.82 Å². The first-order valence-electron chi connectivity index (χ1n) is 14.9. The number of aryl methyl sites for hydroxylation is 5. The highest BCUT2D eigenvalue weighted by molar-refractivity contribution is 5.69. The number of carbonyl (C=O) groups is 1. The Morgan fingerprint density at radius 1 is 1.00 bits per heavy atom. The lowest BCUT2D eigenvalue weighted by Crippen LogP contribution is -2.53. The molecule has 1 atom stereocenters. The highest BCUT2D eigenvalue weighted by Crippen LogP contribution is 2.32. The van der Waals surface area contributed by atoms with Gasteiger partial charge in [-0.15, -0.1) is 0 Å². The lowest BCUT2D eigenvalue weighted by Gasteiger charge is -2.40. The Labute approximate surface area is 240 Å². The van der Waals surface area contributed by atoms with Crippen molar-refractivity contribution in [3.8, 4) is 11.4 Å². The zero-order chi connectivity index (χ0) is 29.0. The summed E-state index contributed by atoms with van der Waals surface area (Å²) in [5.41, 5.74) is 10.0. The van der Waals surface area contributed by atoms with Crippen molar-refractivity contribution in [1.29, 1.82) is 0 Å². The van der Waals surface area contributed by atoms with Gasteiger partial charge in [-0.2, -0.15) is 0 Å². The number of benzene rings is 2. The maximum absolute atomic E-state index is 11.4. The zero-order valence-corrected chi connectivity index (χ0v) is 25.4. The van der Waals surface area contributed by atoms with Crippen LogP contribution in [0.5, 0.6) is 0 Å². The topological polar surface area (TPSA) is 69.6 Å². The molecule has 0 bridgehead atoms. The monoisotopic (exact) mass is 542 g/mol. The van der Waals surface area contributed by atoms with Gasteiger partial charge in [0.05, 0.1) is 6.54 Å². The van der Waals surface area contributed by atoms with E-state index in [2.05, 4.69) is 94.7 Å². The Bertz CT molecular complexity index is 1330. The second-order valence-corrected chi connectivity index (χ2v) is 11.6. The van der Waals surface area contributed by atoms with Gasteiger partial charge in [0.1, 0.15) is 5.82 Å². The minimum atomic E-state index is -0.775. The third-order valence-corrected chi connectivity index (χ3v) is 8.50. The van der Waals surface area contributed by atoms with Gasteiger partial charge in [0.2, 0.25) is 0 Å². The van der Waals surface area contributed by atoms with Crippen LogP contribution in [-0.2, 0) is 30.5 Å². The fourth-order valence-electron chi connectivity index (χ4n) is 5.95. The molecule has 1 N–H and O–H groups in total. The number of hydrogen-bond donors (Lipinski definition) is 1. The van der Waals surface area contributed by atoms with Crippen LogP contribution in [0.2, 0.25) is 0 Å². The number of rotatable bonds is 10. The maximum Gasteiger partial charge on any atom is 0.317 e. The van der Waals surface area contributed by atoms with Crippen molar-refractivity contribution in [2.24, 2.45) is 0 Å². The Balaban J connectivity index is 1.77. The quantitative estimate of drug-likeness (QED) is 0.320. The highest BCUT2D eigenvalue weighted by atomic mass is 16.4. The smallest absolute Gasteiger partial charge is 0.317 e. The average molecular weight is 543 g/mol. The molecule has 40 heavy (non-hydrogen) atoms. The Kier molecular flexibility index (Phi) is 9.62. The van der Waals surface area contributed by atoms with Gasteiger partial charge in [0.15, 0.2) is 5.82 Å². The lowest BCUT2D eigenvalue weighted by atomic mass is 9.93. The third-order valence-electron chi connectivity index (χ3n) is 8.50. The summed E-state index contributed by atoms with van der Waals surface area (Å²) in [5, 5.41) is 9.39. The molecule has 1 fully saturated rings. The van der Waals surface area contributed by atoms with Gasteiger partial charge >= 0.3 is 5.97 Å². The van der Waals surface area contributed by atoms with Gasteiger partial charge in [-0.05, 0) is 80.2 Å². The van der Waals surface area contributed by atoms with Crippen LogP contribution in [0.15, 0.2) is 36.4 Å². The molecule has 1 aliphatic rings. The van der Waals surface area contributed by atoms with Gasteiger partial charge in [-0.1, -0.05) is 64.1 Å². The summed E-state index contributed by atoms with van der Waals surface area (Å²) in [4.78, 5) is 26.3. The van der Waals surface area contributed by atoms with E-state index in [1.165, 1.54) is 38.9 Å². The molecule has 2 heterocycles. The molecular formula is C34H46N4O2. The molecule has 214 valence electrons. The molecule has 1 aliphatic heterocycles. The second kappa shape index (κ2) is 12.9. The number of carboxylic acids is 1. The molecule has 1 saturated heterocycles. The largest absolute Gasteiger partial charge is 0.480 e. The van der Waals surface area contributed by atoms with Gasteiger partial charge in [0, 0.05) is 42.5 Å². The van der Waals surface area contributed by atoms with E-state index in [0.29, 0.717) is 12.5 Å². The third kappa shape index (κ3) is 6.55. The van der Waals surface area contributed by atoms with Gasteiger partial charge in [-0.25, -0.2) is 9.97 Å². The summed E-state index contributed by atoms with van der Waals surface area (Å²) in [6, 6.07) is 13.5. The van der Waals surface area contributed by atoms with Crippen molar-refractivity contribution < 1.29 is 9.90 Å². The van der Waals surface area contributed by atoms with E-state index >= 15 is 0 Å². The minimum Gasteiger partial charge on any atom is -0.480 e. The van der Waals surface area contributed by atoms with Crippen LogP contribution in [-0.4, -0.2) is 58.2 Å². The van der Waals surface area contributed by atoms with Crippen molar-refractivity contribution in [2.75, 3.05) is 31.1 Å². The molecule has 3 aromatic rings. The van der Waals surface area contributed by atoms with Crippen LogP contribution in [0.3, 0.4) is 0 Å². The Hall–Kier alpha value is -3.25. The number of anilines is 1. The molecule has 0 amide bonds. The summed E-state index contributed by atoms with van der Waals surface area (Å²) in [7, 11) is 0. The molecule has 1 aromatic heterocycles. The van der Waals surface area contributed by atoms with Crippen LogP contribution < -0.4 is 4.90 Å². The fourth-order valence-corrected chi connectivity index (χ4v) is 5.95. The van der Waals surface area contributed by atoms with E-state index in [9.17, 15) is 9.90 Å². The minimum absolute atomic E-state index is 0.0745. The van der Waals surface area contributed by atoms with Crippen LogP contribution in [0.1, 0.15) is 79.6 Å². The summed E-state index contributed by atoms with van der Waals surface area (Å²) < 4.78 is 0. The first-order chi connectivity index (χ1) is 19.1. The van der Waals surface area contributed by atoms with E-state index in [-0.39, 0.29) is 12.6 Å².